The van der Waals surface area contributed by atoms with Crippen LogP contribution in [0.2, 0.25) is 0 Å². The van der Waals surface area contributed by atoms with Crippen LogP contribution in [0.4, 0.5) is 13.2 Å². The van der Waals surface area contributed by atoms with Crippen molar-refractivity contribution in [2.24, 2.45) is 0 Å². The summed E-state index contributed by atoms with van der Waals surface area (Å²) in [6.07, 6.45) is -4.03. The number of furan rings is 1. The van der Waals surface area contributed by atoms with Crippen LogP contribution in [0.1, 0.15) is 21.7 Å². The summed E-state index contributed by atoms with van der Waals surface area (Å²) in [5, 5.41) is 12.0. The SMILES string of the molecule is O=C(NCCc1cccc(O)c1)c1ccc(-c2ccccc2C(F)(F)F)o1. The lowest BCUT2D eigenvalue weighted by Crippen LogP contribution is -2.25. The summed E-state index contributed by atoms with van der Waals surface area (Å²) in [5.41, 5.74) is -0.103. The molecular weight excluding hydrogens is 359 g/mol. The number of hydrogen-bond donors (Lipinski definition) is 2. The molecule has 2 N–H and O–H groups in total. The first-order valence-corrected chi connectivity index (χ1v) is 8.17. The fourth-order valence-electron chi connectivity index (χ4n) is 2.67. The zero-order valence-corrected chi connectivity index (χ0v) is 14.1. The molecule has 3 rings (SSSR count). The first kappa shape index (κ1) is 18.6. The monoisotopic (exact) mass is 375 g/mol. The Morgan fingerprint density at radius 2 is 1.81 bits per heavy atom. The Bertz CT molecular complexity index is 947. The smallest absolute Gasteiger partial charge is 0.417 e. The molecule has 1 heterocycles. The van der Waals surface area contributed by atoms with Gasteiger partial charge in [-0.3, -0.25) is 4.79 Å². The fourth-order valence-corrected chi connectivity index (χ4v) is 2.67. The van der Waals surface area contributed by atoms with E-state index >= 15 is 0 Å². The minimum absolute atomic E-state index is 0.0268. The highest BCUT2D eigenvalue weighted by atomic mass is 19.4. The van der Waals surface area contributed by atoms with E-state index in [-0.39, 0.29) is 29.4 Å². The van der Waals surface area contributed by atoms with Gasteiger partial charge in [0.15, 0.2) is 5.76 Å². The van der Waals surface area contributed by atoms with Gasteiger partial charge in [-0.25, -0.2) is 0 Å². The number of carbonyl (C=O) groups excluding carboxylic acids is 1. The number of alkyl halides is 3. The quantitative estimate of drug-likeness (QED) is 0.683. The van der Waals surface area contributed by atoms with Crippen molar-refractivity contribution in [2.75, 3.05) is 6.54 Å². The van der Waals surface area contributed by atoms with Crippen LogP contribution in [0.15, 0.2) is 65.1 Å². The molecule has 1 amide bonds. The Kier molecular flexibility index (Phi) is 5.21. The van der Waals surface area contributed by atoms with Gasteiger partial charge < -0.3 is 14.8 Å². The molecule has 2 aromatic carbocycles. The van der Waals surface area contributed by atoms with E-state index in [0.717, 1.165) is 11.6 Å². The van der Waals surface area contributed by atoms with Crippen LogP contribution in [0, 0.1) is 0 Å². The van der Waals surface area contributed by atoms with Crippen LogP contribution in [-0.2, 0) is 12.6 Å². The normalized spacial score (nSPS) is 11.4. The van der Waals surface area contributed by atoms with E-state index in [1.807, 2.05) is 6.07 Å². The largest absolute Gasteiger partial charge is 0.508 e. The van der Waals surface area contributed by atoms with Gasteiger partial charge in [0.2, 0.25) is 0 Å². The number of rotatable bonds is 5. The molecule has 0 aliphatic rings. The van der Waals surface area contributed by atoms with Gasteiger partial charge in [0.25, 0.3) is 5.91 Å². The second-order valence-corrected chi connectivity index (χ2v) is 5.88. The van der Waals surface area contributed by atoms with Crippen molar-refractivity contribution in [1.29, 1.82) is 0 Å². The third-order valence-corrected chi connectivity index (χ3v) is 3.94. The van der Waals surface area contributed by atoms with Crippen LogP contribution in [0.25, 0.3) is 11.3 Å². The molecule has 4 nitrogen and oxygen atoms in total. The lowest BCUT2D eigenvalue weighted by atomic mass is 10.1. The van der Waals surface area contributed by atoms with E-state index in [9.17, 15) is 23.1 Å². The fraction of sp³-hybridized carbons (Fsp3) is 0.150. The molecule has 0 radical (unpaired) electrons. The maximum Gasteiger partial charge on any atom is 0.417 e. The number of halogens is 3. The molecule has 1 aromatic heterocycles. The van der Waals surface area contributed by atoms with Crippen LogP contribution in [0.3, 0.4) is 0 Å². The van der Waals surface area contributed by atoms with Gasteiger partial charge in [0.05, 0.1) is 5.56 Å². The zero-order chi connectivity index (χ0) is 19.4. The van der Waals surface area contributed by atoms with E-state index in [4.69, 9.17) is 4.42 Å². The standard InChI is InChI=1S/C20H16F3NO3/c21-20(22,23)16-7-2-1-6-15(16)17-8-9-18(27-17)19(26)24-11-10-13-4-3-5-14(25)12-13/h1-9,12,25H,10-11H2,(H,24,26). The highest BCUT2D eigenvalue weighted by molar-refractivity contribution is 5.92. The first-order chi connectivity index (χ1) is 12.8. The highest BCUT2D eigenvalue weighted by Gasteiger charge is 2.34. The minimum Gasteiger partial charge on any atom is -0.508 e. The topological polar surface area (TPSA) is 62.5 Å². The van der Waals surface area contributed by atoms with Crippen LogP contribution < -0.4 is 5.32 Å². The third kappa shape index (κ3) is 4.49. The number of nitrogens with one attached hydrogen (secondary N) is 1. The predicted molar refractivity (Wildman–Crippen MR) is 93.3 cm³/mol. The number of carbonyl (C=O) groups is 1. The lowest BCUT2D eigenvalue weighted by molar-refractivity contribution is -0.137. The Labute approximate surface area is 153 Å². The second kappa shape index (κ2) is 7.57. The van der Waals surface area contributed by atoms with Gasteiger partial charge in [-0.05, 0) is 42.3 Å². The summed E-state index contributed by atoms with van der Waals surface area (Å²) in [6, 6.07) is 14.4. The molecule has 0 fully saturated rings. The maximum absolute atomic E-state index is 13.1. The summed E-state index contributed by atoms with van der Waals surface area (Å²) >= 11 is 0. The molecular formula is C20H16F3NO3. The molecule has 140 valence electrons. The molecule has 0 atom stereocenters. The number of benzene rings is 2. The molecule has 0 saturated heterocycles. The third-order valence-electron chi connectivity index (χ3n) is 3.94. The Balaban J connectivity index is 1.68. The van der Waals surface area contributed by atoms with Crippen molar-refractivity contribution in [2.45, 2.75) is 12.6 Å². The van der Waals surface area contributed by atoms with E-state index in [0.29, 0.717) is 6.42 Å². The van der Waals surface area contributed by atoms with Crippen molar-refractivity contribution in [1.82, 2.24) is 5.32 Å². The number of phenolic OH excluding ortho intramolecular Hbond substituents is 1. The second-order valence-electron chi connectivity index (χ2n) is 5.88. The summed E-state index contributed by atoms with van der Waals surface area (Å²) in [6.45, 7) is 0.289. The van der Waals surface area contributed by atoms with Gasteiger partial charge in [-0.2, -0.15) is 13.2 Å². The molecule has 0 bridgehead atoms. The number of amides is 1. The maximum atomic E-state index is 13.1. The van der Waals surface area contributed by atoms with Crippen molar-refractivity contribution >= 4 is 5.91 Å². The Morgan fingerprint density at radius 3 is 2.56 bits per heavy atom. The average molecular weight is 375 g/mol. The molecule has 7 heteroatoms. The molecule has 27 heavy (non-hydrogen) atoms. The van der Waals surface area contributed by atoms with Gasteiger partial charge in [0.1, 0.15) is 11.5 Å². The van der Waals surface area contributed by atoms with Gasteiger partial charge in [-0.15, -0.1) is 0 Å². The van der Waals surface area contributed by atoms with E-state index in [1.165, 1.54) is 30.3 Å². The van der Waals surface area contributed by atoms with Crippen molar-refractivity contribution in [3.8, 4) is 17.1 Å². The summed E-state index contributed by atoms with van der Waals surface area (Å²) in [4.78, 5) is 12.2. The molecule has 0 aliphatic heterocycles. The Morgan fingerprint density at radius 1 is 1.04 bits per heavy atom. The van der Waals surface area contributed by atoms with Crippen LogP contribution in [-0.4, -0.2) is 17.6 Å². The molecule has 0 unspecified atom stereocenters. The van der Waals surface area contributed by atoms with E-state index in [1.54, 1.807) is 18.2 Å². The van der Waals surface area contributed by atoms with Crippen molar-refractivity contribution < 1.29 is 27.5 Å². The van der Waals surface area contributed by atoms with Crippen molar-refractivity contribution in [3.63, 3.8) is 0 Å². The highest BCUT2D eigenvalue weighted by Crippen LogP contribution is 2.37. The van der Waals surface area contributed by atoms with E-state index < -0.39 is 17.6 Å². The lowest BCUT2D eigenvalue weighted by Gasteiger charge is -2.10. The van der Waals surface area contributed by atoms with E-state index in [2.05, 4.69) is 5.32 Å². The van der Waals surface area contributed by atoms with Gasteiger partial charge in [-0.1, -0.05) is 30.3 Å². The molecule has 0 saturated carbocycles. The van der Waals surface area contributed by atoms with Gasteiger partial charge in [0, 0.05) is 12.1 Å². The average Bonchev–Trinajstić information content (AvgIpc) is 3.11. The number of phenols is 1. The predicted octanol–water partition coefficient (Wildman–Crippen LogP) is 4.64. The zero-order valence-electron chi connectivity index (χ0n) is 14.1. The van der Waals surface area contributed by atoms with Gasteiger partial charge >= 0.3 is 6.18 Å². The minimum atomic E-state index is -4.52. The number of hydrogen-bond acceptors (Lipinski definition) is 3. The van der Waals surface area contributed by atoms with Crippen LogP contribution in [0.5, 0.6) is 5.75 Å². The number of aromatic hydroxyl groups is 1. The molecule has 0 aliphatic carbocycles. The summed E-state index contributed by atoms with van der Waals surface area (Å²) in [7, 11) is 0. The molecule has 3 aromatic rings. The Hall–Kier alpha value is -3.22. The molecule has 0 spiro atoms. The summed E-state index contributed by atoms with van der Waals surface area (Å²) in [5.74, 6) is -0.484. The van der Waals surface area contributed by atoms with Crippen molar-refractivity contribution in [3.05, 3.63) is 77.6 Å². The first-order valence-electron chi connectivity index (χ1n) is 8.17. The van der Waals surface area contributed by atoms with Crippen LogP contribution >= 0.6 is 0 Å². The summed E-state index contributed by atoms with van der Waals surface area (Å²) < 4.78 is 44.7.